The number of benzene rings is 1. The highest BCUT2D eigenvalue weighted by Crippen LogP contribution is 2.39. The number of hydrogen-bond acceptors (Lipinski definition) is 3. The molecule has 1 aromatic carbocycles. The molecular weight excluding hydrogens is 379 g/mol. The number of rotatable bonds is 3. The summed E-state index contributed by atoms with van der Waals surface area (Å²) in [5, 5.41) is 9.71. The molecule has 0 amide bonds. The van der Waals surface area contributed by atoms with Crippen LogP contribution in [0.25, 0.3) is 16.6 Å². The van der Waals surface area contributed by atoms with E-state index >= 15 is 0 Å². The van der Waals surface area contributed by atoms with Crippen LogP contribution >= 0.6 is 0 Å². The van der Waals surface area contributed by atoms with E-state index in [2.05, 4.69) is 20.3 Å². The normalized spacial score (nSPS) is 20.5. The molecule has 5 rings (SSSR count). The topological polar surface area (TPSA) is 58.9 Å². The molecule has 3 aromatic heterocycles. The van der Waals surface area contributed by atoms with E-state index in [9.17, 15) is 13.2 Å². The van der Waals surface area contributed by atoms with E-state index in [1.54, 1.807) is 23.0 Å². The molecule has 8 heteroatoms. The van der Waals surface area contributed by atoms with Gasteiger partial charge in [-0.25, -0.2) is 9.50 Å². The maximum atomic E-state index is 12.7. The molecular formula is C21H20F3N5. The second kappa shape index (κ2) is 6.86. The largest absolute Gasteiger partial charge is 0.416 e. The summed E-state index contributed by atoms with van der Waals surface area (Å²) in [7, 11) is 0. The molecule has 4 aromatic rings. The summed E-state index contributed by atoms with van der Waals surface area (Å²) in [5.74, 6) is 0.829. The van der Waals surface area contributed by atoms with E-state index in [-0.39, 0.29) is 0 Å². The van der Waals surface area contributed by atoms with Gasteiger partial charge in [-0.3, -0.25) is 0 Å². The molecule has 1 aliphatic carbocycles. The van der Waals surface area contributed by atoms with E-state index in [0.717, 1.165) is 59.9 Å². The zero-order valence-corrected chi connectivity index (χ0v) is 15.7. The maximum Gasteiger partial charge on any atom is 0.416 e. The zero-order chi connectivity index (χ0) is 20.0. The standard InChI is InChI=1S/C21H20F3N5/c22-21(23,24)16-7-3-14(4-8-16)11-13-1-5-15(6-2-13)18-19-17-9-10-25-20(17)26-12-29(19)28-27-18/h3-4,7-10,12-13,15,25H,1-2,5-6,11H2. The molecule has 0 atom stereocenters. The Bertz CT molecular complexity index is 1130. The van der Waals surface area contributed by atoms with E-state index in [4.69, 9.17) is 0 Å². The Labute approximate surface area is 165 Å². The molecule has 3 heterocycles. The minimum Gasteiger partial charge on any atom is -0.346 e. The van der Waals surface area contributed by atoms with Gasteiger partial charge in [-0.15, -0.1) is 5.10 Å². The van der Waals surface area contributed by atoms with Crippen molar-refractivity contribution in [3.05, 3.63) is 59.7 Å². The Morgan fingerprint density at radius 3 is 2.52 bits per heavy atom. The lowest BCUT2D eigenvalue weighted by Crippen LogP contribution is -2.16. The van der Waals surface area contributed by atoms with E-state index in [1.807, 2.05) is 12.3 Å². The minimum atomic E-state index is -4.28. The third-order valence-corrected chi connectivity index (χ3v) is 6.04. The van der Waals surface area contributed by atoms with Gasteiger partial charge in [0.2, 0.25) is 0 Å². The molecule has 0 bridgehead atoms. The van der Waals surface area contributed by atoms with Crippen molar-refractivity contribution < 1.29 is 13.2 Å². The van der Waals surface area contributed by atoms with Crippen LogP contribution in [0.3, 0.4) is 0 Å². The Kier molecular flexibility index (Phi) is 4.29. The van der Waals surface area contributed by atoms with Crippen molar-refractivity contribution in [2.45, 2.75) is 44.2 Å². The Morgan fingerprint density at radius 1 is 1.03 bits per heavy atom. The molecule has 1 N–H and O–H groups in total. The molecule has 0 aliphatic heterocycles. The Hall–Kier alpha value is -2.90. The van der Waals surface area contributed by atoms with Crippen LogP contribution in [0.4, 0.5) is 13.2 Å². The summed E-state index contributed by atoms with van der Waals surface area (Å²) in [6, 6.07) is 7.58. The highest BCUT2D eigenvalue weighted by molar-refractivity contribution is 5.92. The Balaban J connectivity index is 1.28. The average Bonchev–Trinajstić information content (AvgIpc) is 3.34. The van der Waals surface area contributed by atoms with Gasteiger partial charge in [-0.05, 0) is 61.8 Å². The molecule has 1 fully saturated rings. The van der Waals surface area contributed by atoms with Gasteiger partial charge in [0.15, 0.2) is 0 Å². The van der Waals surface area contributed by atoms with Gasteiger partial charge in [0.1, 0.15) is 17.5 Å². The number of H-pyrrole nitrogens is 1. The molecule has 1 saturated carbocycles. The summed E-state index contributed by atoms with van der Waals surface area (Å²) in [4.78, 5) is 7.47. The number of hydrogen-bond donors (Lipinski definition) is 1. The van der Waals surface area contributed by atoms with Crippen LogP contribution in [-0.4, -0.2) is 24.8 Å². The quantitative estimate of drug-likeness (QED) is 0.519. The van der Waals surface area contributed by atoms with Gasteiger partial charge in [0.25, 0.3) is 0 Å². The number of halogens is 3. The predicted molar refractivity (Wildman–Crippen MR) is 102 cm³/mol. The minimum absolute atomic E-state index is 0.344. The number of nitrogens with zero attached hydrogens (tertiary/aromatic N) is 4. The third-order valence-electron chi connectivity index (χ3n) is 6.04. The molecule has 0 radical (unpaired) electrons. The number of alkyl halides is 3. The first-order valence-electron chi connectivity index (χ1n) is 9.82. The maximum absolute atomic E-state index is 12.7. The SMILES string of the molecule is FC(F)(F)c1ccc(CC2CCC(c3nnn4cnc5[nH]ccc5c34)CC2)cc1. The number of nitrogens with one attached hydrogen (secondary N) is 1. The summed E-state index contributed by atoms with van der Waals surface area (Å²) < 4.78 is 39.9. The number of aromatic amines is 1. The number of aromatic nitrogens is 5. The van der Waals surface area contributed by atoms with Gasteiger partial charge < -0.3 is 4.98 Å². The van der Waals surface area contributed by atoms with Crippen molar-refractivity contribution in [3.63, 3.8) is 0 Å². The monoisotopic (exact) mass is 399 g/mol. The van der Waals surface area contributed by atoms with Crippen LogP contribution in [0.15, 0.2) is 42.9 Å². The highest BCUT2D eigenvalue weighted by atomic mass is 19.4. The van der Waals surface area contributed by atoms with Crippen molar-refractivity contribution in [3.8, 4) is 0 Å². The van der Waals surface area contributed by atoms with E-state index in [0.29, 0.717) is 11.8 Å². The summed E-state index contributed by atoms with van der Waals surface area (Å²) in [6.07, 6.45) is 4.17. The zero-order valence-electron chi connectivity index (χ0n) is 15.7. The van der Waals surface area contributed by atoms with E-state index < -0.39 is 11.7 Å². The van der Waals surface area contributed by atoms with Gasteiger partial charge in [-0.1, -0.05) is 17.3 Å². The lowest BCUT2D eigenvalue weighted by atomic mass is 9.78. The van der Waals surface area contributed by atoms with Gasteiger partial charge >= 0.3 is 6.18 Å². The van der Waals surface area contributed by atoms with Crippen LogP contribution in [0.2, 0.25) is 0 Å². The van der Waals surface area contributed by atoms with Crippen molar-refractivity contribution in [2.75, 3.05) is 0 Å². The van der Waals surface area contributed by atoms with Crippen molar-refractivity contribution in [2.24, 2.45) is 5.92 Å². The van der Waals surface area contributed by atoms with Crippen LogP contribution in [0.1, 0.15) is 48.4 Å². The van der Waals surface area contributed by atoms with Gasteiger partial charge in [0, 0.05) is 17.5 Å². The molecule has 5 nitrogen and oxygen atoms in total. The molecule has 0 spiro atoms. The van der Waals surface area contributed by atoms with Crippen molar-refractivity contribution in [1.82, 2.24) is 24.8 Å². The summed E-state index contributed by atoms with van der Waals surface area (Å²) in [6.45, 7) is 0. The fraction of sp³-hybridized carbons (Fsp3) is 0.381. The molecule has 1 aliphatic rings. The van der Waals surface area contributed by atoms with Crippen LogP contribution in [0, 0.1) is 5.92 Å². The third kappa shape index (κ3) is 3.36. The van der Waals surface area contributed by atoms with Crippen molar-refractivity contribution in [1.29, 1.82) is 0 Å². The van der Waals surface area contributed by atoms with Gasteiger partial charge in [-0.2, -0.15) is 13.2 Å². The smallest absolute Gasteiger partial charge is 0.346 e. The first kappa shape index (κ1) is 18.1. The molecule has 150 valence electrons. The lowest BCUT2D eigenvalue weighted by Gasteiger charge is -2.27. The molecule has 29 heavy (non-hydrogen) atoms. The Morgan fingerprint density at radius 2 is 1.79 bits per heavy atom. The van der Waals surface area contributed by atoms with Crippen LogP contribution in [-0.2, 0) is 12.6 Å². The fourth-order valence-electron chi connectivity index (χ4n) is 4.50. The molecule has 0 saturated heterocycles. The lowest BCUT2D eigenvalue weighted by molar-refractivity contribution is -0.137. The van der Waals surface area contributed by atoms with Gasteiger partial charge in [0.05, 0.1) is 11.3 Å². The summed E-state index contributed by atoms with van der Waals surface area (Å²) in [5.41, 5.74) is 3.25. The highest BCUT2D eigenvalue weighted by Gasteiger charge is 2.30. The van der Waals surface area contributed by atoms with Crippen LogP contribution in [0.5, 0.6) is 0 Å². The van der Waals surface area contributed by atoms with E-state index in [1.165, 1.54) is 12.1 Å². The second-order valence-corrected chi connectivity index (χ2v) is 7.87. The average molecular weight is 399 g/mol. The second-order valence-electron chi connectivity index (χ2n) is 7.87. The first-order chi connectivity index (χ1) is 14.0. The van der Waals surface area contributed by atoms with Crippen LogP contribution < -0.4 is 0 Å². The fourth-order valence-corrected chi connectivity index (χ4v) is 4.50. The molecule has 0 unspecified atom stereocenters. The summed E-state index contributed by atoms with van der Waals surface area (Å²) >= 11 is 0. The van der Waals surface area contributed by atoms with Crippen molar-refractivity contribution >= 4 is 16.6 Å². The predicted octanol–water partition coefficient (Wildman–Crippen LogP) is 5.14. The number of fused-ring (bicyclic) bond motifs is 3. The first-order valence-corrected chi connectivity index (χ1v) is 9.82.